The van der Waals surface area contributed by atoms with Crippen LogP contribution in [0.15, 0.2) is 18.3 Å². The Morgan fingerprint density at radius 2 is 2.00 bits per heavy atom. The molecule has 2 heterocycles. The van der Waals surface area contributed by atoms with Crippen molar-refractivity contribution in [2.45, 2.75) is 52.0 Å². The largest absolute Gasteiger partial charge is 0.433 e. The zero-order chi connectivity index (χ0) is 21.1. The maximum absolute atomic E-state index is 13.1. The third-order valence-corrected chi connectivity index (χ3v) is 5.66. The second-order valence-electron chi connectivity index (χ2n) is 8.19. The molecule has 10 heteroatoms. The number of halogens is 3. The Balaban J connectivity index is 0.00000272. The van der Waals surface area contributed by atoms with E-state index in [0.29, 0.717) is 35.9 Å². The molecule has 1 unspecified atom stereocenters. The number of alkyl halides is 2. The quantitative estimate of drug-likeness (QED) is 0.562. The van der Waals surface area contributed by atoms with E-state index in [0.717, 1.165) is 38.8 Å². The van der Waals surface area contributed by atoms with Gasteiger partial charge in [-0.05, 0) is 69.7 Å². The van der Waals surface area contributed by atoms with E-state index in [2.05, 4.69) is 15.7 Å². The SMILES string of the molecule is CC(NC(=O)c1ccc2nn(CC3CCNCC3)cc2c1OC(F)F)OCC1CC1.Cl. The minimum atomic E-state index is -3.04. The van der Waals surface area contributed by atoms with Gasteiger partial charge in [-0.25, -0.2) is 0 Å². The van der Waals surface area contributed by atoms with Gasteiger partial charge in [-0.2, -0.15) is 13.9 Å². The number of carbonyl (C=O) groups excluding carboxylic acids is 1. The minimum Gasteiger partial charge on any atom is -0.433 e. The van der Waals surface area contributed by atoms with Gasteiger partial charge in [0.2, 0.25) is 0 Å². The van der Waals surface area contributed by atoms with Crippen molar-refractivity contribution in [3.05, 3.63) is 23.9 Å². The number of fused-ring (bicyclic) bond motifs is 1. The van der Waals surface area contributed by atoms with Crippen LogP contribution in [0.5, 0.6) is 5.75 Å². The van der Waals surface area contributed by atoms with Gasteiger partial charge in [0, 0.05) is 12.7 Å². The Morgan fingerprint density at radius 3 is 2.68 bits per heavy atom. The maximum Gasteiger partial charge on any atom is 0.387 e. The van der Waals surface area contributed by atoms with Crippen molar-refractivity contribution < 1.29 is 23.0 Å². The summed E-state index contributed by atoms with van der Waals surface area (Å²) >= 11 is 0. The number of amides is 1. The average Bonchev–Trinajstić information content (AvgIpc) is 3.45. The second-order valence-corrected chi connectivity index (χ2v) is 8.19. The first kappa shape index (κ1) is 23.7. The molecule has 2 fully saturated rings. The highest BCUT2D eigenvalue weighted by molar-refractivity contribution is 6.03. The number of carbonyl (C=O) groups is 1. The molecule has 1 aromatic carbocycles. The van der Waals surface area contributed by atoms with Crippen LogP contribution in [0.1, 0.15) is 43.0 Å². The number of rotatable bonds is 9. The van der Waals surface area contributed by atoms with Crippen molar-refractivity contribution in [2.75, 3.05) is 19.7 Å². The van der Waals surface area contributed by atoms with E-state index in [9.17, 15) is 13.6 Å². The zero-order valence-electron chi connectivity index (χ0n) is 17.5. The molecule has 1 aliphatic carbocycles. The lowest BCUT2D eigenvalue weighted by Gasteiger charge is -2.22. The van der Waals surface area contributed by atoms with Crippen LogP contribution in [-0.4, -0.2) is 48.2 Å². The zero-order valence-corrected chi connectivity index (χ0v) is 18.3. The Hall–Kier alpha value is -1.97. The molecule has 7 nitrogen and oxygen atoms in total. The van der Waals surface area contributed by atoms with E-state index < -0.39 is 18.7 Å². The second kappa shape index (κ2) is 10.6. The maximum atomic E-state index is 13.1. The fourth-order valence-corrected chi connectivity index (χ4v) is 3.80. The molecular weight excluding hydrogens is 430 g/mol. The summed E-state index contributed by atoms with van der Waals surface area (Å²) in [4.78, 5) is 12.7. The molecule has 4 rings (SSSR count). The minimum absolute atomic E-state index is 0. The van der Waals surface area contributed by atoms with Gasteiger partial charge >= 0.3 is 6.61 Å². The molecule has 172 valence electrons. The number of nitrogens with one attached hydrogen (secondary N) is 2. The van der Waals surface area contributed by atoms with Crippen LogP contribution < -0.4 is 15.4 Å². The molecule has 2 N–H and O–H groups in total. The van der Waals surface area contributed by atoms with Crippen LogP contribution in [0.4, 0.5) is 8.78 Å². The summed E-state index contributed by atoms with van der Waals surface area (Å²) < 4.78 is 38.4. The molecule has 0 bridgehead atoms. The van der Waals surface area contributed by atoms with Gasteiger partial charge in [-0.15, -0.1) is 12.4 Å². The van der Waals surface area contributed by atoms with E-state index in [1.54, 1.807) is 23.9 Å². The molecule has 2 aliphatic rings. The summed E-state index contributed by atoms with van der Waals surface area (Å²) in [5, 5.41) is 10.9. The predicted molar refractivity (Wildman–Crippen MR) is 115 cm³/mol. The van der Waals surface area contributed by atoms with E-state index in [1.807, 2.05) is 0 Å². The van der Waals surface area contributed by atoms with Crippen LogP contribution in [0.25, 0.3) is 10.9 Å². The molecule has 31 heavy (non-hydrogen) atoms. The molecule has 0 radical (unpaired) electrons. The number of ether oxygens (including phenoxy) is 2. The lowest BCUT2D eigenvalue weighted by molar-refractivity contribution is -0.0491. The standard InChI is InChI=1S/C21H28F2N4O3.ClH/c1-13(29-12-15-2-3-15)25-20(28)16-4-5-18-17(19(16)30-21(22)23)11-27(26-18)10-14-6-8-24-9-7-14;/h4-5,11,13-15,21,24H,2-3,6-10,12H2,1H3,(H,25,28);1H. The molecule has 2 aromatic rings. The fourth-order valence-electron chi connectivity index (χ4n) is 3.80. The summed E-state index contributed by atoms with van der Waals surface area (Å²) in [6, 6.07) is 3.14. The first-order valence-electron chi connectivity index (χ1n) is 10.6. The normalized spacial score (nSPS) is 18.1. The highest BCUT2D eigenvalue weighted by Gasteiger charge is 2.25. The highest BCUT2D eigenvalue weighted by Crippen LogP contribution is 2.32. The molecule has 1 saturated heterocycles. The van der Waals surface area contributed by atoms with Crippen LogP contribution in [0, 0.1) is 11.8 Å². The Morgan fingerprint density at radius 1 is 1.26 bits per heavy atom. The van der Waals surface area contributed by atoms with Gasteiger partial charge in [0.25, 0.3) is 5.91 Å². The summed E-state index contributed by atoms with van der Waals surface area (Å²) in [7, 11) is 0. The van der Waals surface area contributed by atoms with Gasteiger partial charge in [0.15, 0.2) is 0 Å². The Kier molecular flexibility index (Phi) is 8.07. The number of hydrogen-bond acceptors (Lipinski definition) is 5. The molecule has 1 aliphatic heterocycles. The highest BCUT2D eigenvalue weighted by atomic mass is 35.5. The van der Waals surface area contributed by atoms with Crippen LogP contribution in [0.3, 0.4) is 0 Å². The van der Waals surface area contributed by atoms with E-state index in [-0.39, 0.29) is 23.7 Å². The van der Waals surface area contributed by atoms with Gasteiger partial charge in [-0.1, -0.05) is 0 Å². The molecule has 0 spiro atoms. The third-order valence-electron chi connectivity index (χ3n) is 5.66. The van der Waals surface area contributed by atoms with Crippen LogP contribution in [-0.2, 0) is 11.3 Å². The first-order chi connectivity index (χ1) is 14.5. The van der Waals surface area contributed by atoms with Crippen molar-refractivity contribution in [3.8, 4) is 5.75 Å². The molecule has 1 saturated carbocycles. The smallest absolute Gasteiger partial charge is 0.387 e. The molecule has 1 aromatic heterocycles. The number of nitrogens with zero attached hydrogens (tertiary/aromatic N) is 2. The fraction of sp³-hybridized carbons (Fsp3) is 0.619. The van der Waals surface area contributed by atoms with E-state index >= 15 is 0 Å². The Labute approximate surface area is 186 Å². The van der Waals surface area contributed by atoms with Gasteiger partial charge in [0.05, 0.1) is 23.1 Å². The molecule has 1 atom stereocenters. The van der Waals surface area contributed by atoms with E-state index in [1.165, 1.54) is 6.07 Å². The molecule has 1 amide bonds. The van der Waals surface area contributed by atoms with Crippen molar-refractivity contribution >= 4 is 29.2 Å². The van der Waals surface area contributed by atoms with Crippen molar-refractivity contribution in [2.24, 2.45) is 11.8 Å². The number of benzene rings is 1. The topological polar surface area (TPSA) is 77.4 Å². The lowest BCUT2D eigenvalue weighted by Crippen LogP contribution is -2.35. The van der Waals surface area contributed by atoms with Crippen molar-refractivity contribution in [1.29, 1.82) is 0 Å². The number of hydrogen-bond donors (Lipinski definition) is 2. The summed E-state index contributed by atoms with van der Waals surface area (Å²) in [6.45, 7) is 1.91. The van der Waals surface area contributed by atoms with Crippen molar-refractivity contribution in [1.82, 2.24) is 20.4 Å². The average molecular weight is 459 g/mol. The number of aromatic nitrogens is 2. The van der Waals surface area contributed by atoms with Gasteiger partial charge < -0.3 is 20.1 Å². The lowest BCUT2D eigenvalue weighted by atomic mass is 9.98. The summed E-state index contributed by atoms with van der Waals surface area (Å²) in [5.74, 6) is 0.379. The summed E-state index contributed by atoms with van der Waals surface area (Å²) in [5.41, 5.74) is 0.570. The van der Waals surface area contributed by atoms with Gasteiger partial charge in [0.1, 0.15) is 12.0 Å². The first-order valence-corrected chi connectivity index (χ1v) is 10.6. The summed E-state index contributed by atoms with van der Waals surface area (Å²) in [6.07, 6.45) is 5.55. The van der Waals surface area contributed by atoms with Crippen LogP contribution in [0.2, 0.25) is 0 Å². The van der Waals surface area contributed by atoms with Crippen molar-refractivity contribution in [3.63, 3.8) is 0 Å². The Bertz CT molecular complexity index is 885. The van der Waals surface area contributed by atoms with Crippen LogP contribution >= 0.6 is 12.4 Å². The predicted octanol–water partition coefficient (Wildman–Crippen LogP) is 3.56. The van der Waals surface area contributed by atoms with Gasteiger partial charge in [-0.3, -0.25) is 9.48 Å². The monoisotopic (exact) mass is 458 g/mol. The van der Waals surface area contributed by atoms with E-state index in [4.69, 9.17) is 9.47 Å². The molecular formula is C21H29ClF2N4O3. The number of piperidine rings is 1. The third kappa shape index (κ3) is 6.27.